The second kappa shape index (κ2) is 5.76. The Kier molecular flexibility index (Phi) is 3.70. The summed E-state index contributed by atoms with van der Waals surface area (Å²) in [6.07, 6.45) is 4.65. The highest BCUT2D eigenvalue weighted by atomic mass is 35.5. The molecule has 2 aromatic heterocycles. The summed E-state index contributed by atoms with van der Waals surface area (Å²) in [5.74, 6) is 0.749. The fourth-order valence-electron chi connectivity index (χ4n) is 3.61. The minimum Gasteiger partial charge on any atom is -0.305 e. The summed E-state index contributed by atoms with van der Waals surface area (Å²) >= 11 is 6.23. The molecule has 1 fully saturated rings. The lowest BCUT2D eigenvalue weighted by Gasteiger charge is -2.30. The summed E-state index contributed by atoms with van der Waals surface area (Å²) in [6.45, 7) is 3.07. The van der Waals surface area contributed by atoms with Crippen LogP contribution in [0.5, 0.6) is 0 Å². The zero-order chi connectivity index (χ0) is 16.7. The molecular weight excluding hydrogens is 324 g/mol. The number of fused-ring (bicyclic) bond motifs is 1. The number of nitrogens with zero attached hydrogens (tertiary/aromatic N) is 3. The first kappa shape index (κ1) is 15.4. The SMILES string of the molecule is CCC1(c2nn3ccc(Cl)c3c(=O)n2-c2ccccc2)CCCN1. The van der Waals surface area contributed by atoms with Gasteiger partial charge in [-0.15, -0.1) is 0 Å². The van der Waals surface area contributed by atoms with Crippen LogP contribution >= 0.6 is 11.6 Å². The van der Waals surface area contributed by atoms with Crippen LogP contribution in [0, 0.1) is 0 Å². The van der Waals surface area contributed by atoms with Crippen molar-refractivity contribution in [3.63, 3.8) is 0 Å². The van der Waals surface area contributed by atoms with Crippen LogP contribution in [0.25, 0.3) is 11.2 Å². The third kappa shape index (κ3) is 2.19. The van der Waals surface area contributed by atoms with Crippen LogP contribution in [0.3, 0.4) is 0 Å². The molecule has 0 bridgehead atoms. The summed E-state index contributed by atoms with van der Waals surface area (Å²) in [5, 5.41) is 8.79. The number of aromatic nitrogens is 3. The quantitative estimate of drug-likeness (QED) is 0.795. The molecule has 1 aliphatic heterocycles. The van der Waals surface area contributed by atoms with E-state index >= 15 is 0 Å². The maximum atomic E-state index is 13.2. The Morgan fingerprint density at radius 1 is 1.29 bits per heavy atom. The Hall–Kier alpha value is -2.11. The van der Waals surface area contributed by atoms with Crippen LogP contribution in [0.15, 0.2) is 47.4 Å². The number of nitrogens with one attached hydrogen (secondary N) is 1. The zero-order valence-electron chi connectivity index (χ0n) is 13.5. The van der Waals surface area contributed by atoms with Gasteiger partial charge in [-0.05, 0) is 44.0 Å². The standard InChI is InChI=1S/C18H19ClN4O/c1-2-18(10-6-11-20-18)17-21-22-12-9-14(19)15(22)16(24)23(17)13-7-4-3-5-8-13/h3-5,7-9,12,20H,2,6,10-11H2,1H3. The van der Waals surface area contributed by atoms with Gasteiger partial charge in [0.1, 0.15) is 5.52 Å². The summed E-state index contributed by atoms with van der Waals surface area (Å²) in [6, 6.07) is 11.4. The predicted octanol–water partition coefficient (Wildman–Crippen LogP) is 3.13. The van der Waals surface area contributed by atoms with Crippen molar-refractivity contribution in [2.24, 2.45) is 0 Å². The first-order chi connectivity index (χ1) is 11.7. The Bertz CT molecular complexity index is 939. The normalized spacial score (nSPS) is 20.8. The maximum absolute atomic E-state index is 13.2. The van der Waals surface area contributed by atoms with Gasteiger partial charge in [0.2, 0.25) is 0 Å². The summed E-state index contributed by atoms with van der Waals surface area (Å²) < 4.78 is 3.32. The van der Waals surface area contributed by atoms with Gasteiger partial charge >= 0.3 is 0 Å². The van der Waals surface area contributed by atoms with E-state index in [1.165, 1.54) is 0 Å². The monoisotopic (exact) mass is 342 g/mol. The molecular formula is C18H19ClN4O. The van der Waals surface area contributed by atoms with Crippen molar-refractivity contribution < 1.29 is 0 Å². The molecule has 1 atom stereocenters. The number of benzene rings is 1. The lowest BCUT2D eigenvalue weighted by atomic mass is 9.93. The molecule has 0 amide bonds. The van der Waals surface area contributed by atoms with Crippen LogP contribution in [-0.4, -0.2) is 20.7 Å². The molecule has 0 spiro atoms. The van der Waals surface area contributed by atoms with Gasteiger partial charge < -0.3 is 5.32 Å². The summed E-state index contributed by atoms with van der Waals surface area (Å²) in [5.41, 5.74) is 0.794. The number of para-hydroxylation sites is 1. The number of hydrogen-bond acceptors (Lipinski definition) is 3. The van der Waals surface area contributed by atoms with Gasteiger partial charge in [-0.1, -0.05) is 36.7 Å². The van der Waals surface area contributed by atoms with Crippen molar-refractivity contribution >= 4 is 17.1 Å². The van der Waals surface area contributed by atoms with Gasteiger partial charge in [0.05, 0.1) is 16.2 Å². The molecule has 4 rings (SSSR count). The zero-order valence-corrected chi connectivity index (χ0v) is 14.3. The molecule has 1 N–H and O–H groups in total. The van der Waals surface area contributed by atoms with E-state index in [2.05, 4.69) is 12.2 Å². The third-order valence-electron chi connectivity index (χ3n) is 4.93. The van der Waals surface area contributed by atoms with Crippen LogP contribution in [-0.2, 0) is 5.54 Å². The minimum atomic E-state index is -0.292. The van der Waals surface area contributed by atoms with Gasteiger partial charge in [-0.2, -0.15) is 5.10 Å². The first-order valence-corrected chi connectivity index (χ1v) is 8.65. The molecule has 1 aliphatic rings. The average Bonchev–Trinajstić information content (AvgIpc) is 3.23. The second-order valence-corrected chi connectivity index (χ2v) is 6.63. The van der Waals surface area contributed by atoms with E-state index in [1.807, 2.05) is 30.3 Å². The molecule has 0 radical (unpaired) electrons. The van der Waals surface area contributed by atoms with Crippen molar-refractivity contribution in [1.82, 2.24) is 19.5 Å². The van der Waals surface area contributed by atoms with E-state index in [4.69, 9.17) is 16.7 Å². The topological polar surface area (TPSA) is 51.3 Å². The minimum absolute atomic E-state index is 0.136. The van der Waals surface area contributed by atoms with E-state index in [0.717, 1.165) is 37.3 Å². The van der Waals surface area contributed by atoms with Gasteiger partial charge in [0.15, 0.2) is 5.82 Å². The Morgan fingerprint density at radius 2 is 2.08 bits per heavy atom. The van der Waals surface area contributed by atoms with Gasteiger partial charge in [0.25, 0.3) is 5.56 Å². The van der Waals surface area contributed by atoms with Gasteiger partial charge in [0, 0.05) is 6.20 Å². The van der Waals surface area contributed by atoms with Gasteiger partial charge in [-0.25, -0.2) is 4.52 Å². The highest BCUT2D eigenvalue weighted by Gasteiger charge is 2.38. The lowest BCUT2D eigenvalue weighted by molar-refractivity contribution is 0.337. The van der Waals surface area contributed by atoms with Crippen molar-refractivity contribution in [3.05, 3.63) is 63.8 Å². The van der Waals surface area contributed by atoms with E-state index in [0.29, 0.717) is 10.5 Å². The summed E-state index contributed by atoms with van der Waals surface area (Å²) in [7, 11) is 0. The Balaban J connectivity index is 2.10. The molecule has 1 unspecified atom stereocenters. The fourth-order valence-corrected chi connectivity index (χ4v) is 3.84. The second-order valence-electron chi connectivity index (χ2n) is 6.22. The molecule has 1 aromatic carbocycles. The van der Waals surface area contributed by atoms with Gasteiger partial charge in [-0.3, -0.25) is 9.36 Å². The smallest absolute Gasteiger partial charge is 0.284 e. The van der Waals surface area contributed by atoms with E-state index in [1.54, 1.807) is 21.3 Å². The largest absolute Gasteiger partial charge is 0.305 e. The van der Waals surface area contributed by atoms with Crippen molar-refractivity contribution in [2.45, 2.75) is 31.7 Å². The molecule has 24 heavy (non-hydrogen) atoms. The van der Waals surface area contributed by atoms with E-state index in [9.17, 15) is 4.79 Å². The molecule has 0 aliphatic carbocycles. The molecule has 5 nitrogen and oxygen atoms in total. The predicted molar refractivity (Wildman–Crippen MR) is 95.0 cm³/mol. The van der Waals surface area contributed by atoms with Crippen LogP contribution < -0.4 is 10.9 Å². The molecule has 3 heterocycles. The number of hydrogen-bond donors (Lipinski definition) is 1. The highest BCUT2D eigenvalue weighted by molar-refractivity contribution is 6.33. The fraction of sp³-hybridized carbons (Fsp3) is 0.333. The van der Waals surface area contributed by atoms with Crippen molar-refractivity contribution in [3.8, 4) is 5.69 Å². The average molecular weight is 343 g/mol. The van der Waals surface area contributed by atoms with Crippen LogP contribution in [0.4, 0.5) is 0 Å². The molecule has 124 valence electrons. The first-order valence-electron chi connectivity index (χ1n) is 8.27. The molecule has 3 aromatic rings. The Labute approximate surface area is 144 Å². The van der Waals surface area contributed by atoms with E-state index < -0.39 is 0 Å². The summed E-state index contributed by atoms with van der Waals surface area (Å²) in [4.78, 5) is 13.2. The molecule has 6 heteroatoms. The maximum Gasteiger partial charge on any atom is 0.284 e. The third-order valence-corrected chi connectivity index (χ3v) is 5.23. The number of rotatable bonds is 3. The van der Waals surface area contributed by atoms with Crippen molar-refractivity contribution in [1.29, 1.82) is 0 Å². The van der Waals surface area contributed by atoms with Crippen LogP contribution in [0.2, 0.25) is 5.02 Å². The highest BCUT2D eigenvalue weighted by Crippen LogP contribution is 2.33. The number of halogens is 1. The molecule has 1 saturated heterocycles. The van der Waals surface area contributed by atoms with E-state index in [-0.39, 0.29) is 11.1 Å². The molecule has 0 saturated carbocycles. The lowest BCUT2D eigenvalue weighted by Crippen LogP contribution is -2.43. The Morgan fingerprint density at radius 3 is 2.75 bits per heavy atom. The van der Waals surface area contributed by atoms with Crippen molar-refractivity contribution in [2.75, 3.05) is 6.54 Å². The van der Waals surface area contributed by atoms with Crippen LogP contribution in [0.1, 0.15) is 32.0 Å².